The number of carboxylic acid groups (broad SMARTS) is 1. The van der Waals surface area contributed by atoms with Gasteiger partial charge in [0, 0.05) is 12.1 Å². The van der Waals surface area contributed by atoms with Crippen molar-refractivity contribution < 1.29 is 14.7 Å². The van der Waals surface area contributed by atoms with Crippen LogP contribution in [0.2, 0.25) is 0 Å². The van der Waals surface area contributed by atoms with Crippen LogP contribution in [0.1, 0.15) is 43.1 Å². The number of nitrogens with one attached hydrogen (secondary N) is 2. The third-order valence-electron chi connectivity index (χ3n) is 2.96. The number of carboxylic acids is 1. The van der Waals surface area contributed by atoms with Crippen LogP contribution in [0.5, 0.6) is 0 Å². The van der Waals surface area contributed by atoms with Crippen molar-refractivity contribution in [2.75, 3.05) is 0 Å². The summed E-state index contributed by atoms with van der Waals surface area (Å²) in [5, 5.41) is 14.4. The van der Waals surface area contributed by atoms with E-state index in [1.54, 1.807) is 18.2 Å². The van der Waals surface area contributed by atoms with Gasteiger partial charge in [-0.2, -0.15) is 0 Å². The summed E-state index contributed by atoms with van der Waals surface area (Å²) in [4.78, 5) is 22.5. The van der Waals surface area contributed by atoms with Crippen LogP contribution in [0.4, 0.5) is 4.79 Å². The fourth-order valence-electron chi connectivity index (χ4n) is 1.44. The van der Waals surface area contributed by atoms with Gasteiger partial charge in [-0.3, -0.25) is 0 Å². The molecule has 0 radical (unpaired) electrons. The summed E-state index contributed by atoms with van der Waals surface area (Å²) in [5.74, 6) is -0.974. The van der Waals surface area contributed by atoms with E-state index in [2.05, 4.69) is 10.6 Å². The topological polar surface area (TPSA) is 78.4 Å². The van der Waals surface area contributed by atoms with Gasteiger partial charge in [-0.1, -0.05) is 19.1 Å². The monoisotopic (exact) mass is 264 g/mol. The number of hydrogen-bond donors (Lipinski definition) is 3. The highest BCUT2D eigenvalue weighted by atomic mass is 16.4. The fourth-order valence-corrected chi connectivity index (χ4v) is 1.44. The Balaban J connectivity index is 2.55. The second-order valence-electron chi connectivity index (χ2n) is 5.05. The minimum Gasteiger partial charge on any atom is -0.478 e. The van der Waals surface area contributed by atoms with E-state index in [1.807, 2.05) is 20.8 Å². The number of carbonyl (C=O) groups is 2. The maximum Gasteiger partial charge on any atom is 0.335 e. The van der Waals surface area contributed by atoms with Gasteiger partial charge in [-0.25, -0.2) is 9.59 Å². The summed E-state index contributed by atoms with van der Waals surface area (Å²) in [6.45, 7) is 6.18. The van der Waals surface area contributed by atoms with E-state index in [1.165, 1.54) is 6.07 Å². The summed E-state index contributed by atoms with van der Waals surface area (Å²) >= 11 is 0. The lowest BCUT2D eigenvalue weighted by Gasteiger charge is -2.24. The molecule has 0 saturated carbocycles. The van der Waals surface area contributed by atoms with Crippen molar-refractivity contribution >= 4 is 12.0 Å². The van der Waals surface area contributed by atoms with E-state index in [0.29, 0.717) is 6.54 Å². The highest BCUT2D eigenvalue weighted by Crippen LogP contribution is 2.07. The molecule has 1 aromatic carbocycles. The molecule has 0 aromatic heterocycles. The van der Waals surface area contributed by atoms with E-state index < -0.39 is 5.97 Å². The molecule has 0 atom stereocenters. The maximum absolute atomic E-state index is 11.7. The second kappa shape index (κ2) is 6.22. The molecular formula is C14H20N2O3. The summed E-state index contributed by atoms with van der Waals surface area (Å²) < 4.78 is 0. The summed E-state index contributed by atoms with van der Waals surface area (Å²) in [5.41, 5.74) is 0.713. The molecule has 0 unspecified atom stereocenters. The smallest absolute Gasteiger partial charge is 0.335 e. The highest BCUT2D eigenvalue weighted by Gasteiger charge is 2.17. The predicted molar refractivity (Wildman–Crippen MR) is 73.1 cm³/mol. The Bertz CT molecular complexity index is 470. The zero-order valence-corrected chi connectivity index (χ0v) is 11.5. The van der Waals surface area contributed by atoms with Gasteiger partial charge in [-0.05, 0) is 38.0 Å². The van der Waals surface area contributed by atoms with Crippen molar-refractivity contribution in [2.24, 2.45) is 0 Å². The Hall–Kier alpha value is -2.04. The van der Waals surface area contributed by atoms with Gasteiger partial charge in [0.25, 0.3) is 0 Å². The predicted octanol–water partition coefficient (Wildman–Crippen LogP) is 2.37. The van der Waals surface area contributed by atoms with Gasteiger partial charge < -0.3 is 15.7 Å². The van der Waals surface area contributed by atoms with Crippen molar-refractivity contribution in [3.63, 3.8) is 0 Å². The molecule has 0 heterocycles. The number of carbonyl (C=O) groups excluding carboxylic acids is 1. The van der Waals surface area contributed by atoms with E-state index in [4.69, 9.17) is 5.11 Å². The molecule has 0 aliphatic heterocycles. The van der Waals surface area contributed by atoms with Gasteiger partial charge in [0.2, 0.25) is 0 Å². The molecule has 0 fully saturated rings. The van der Waals surface area contributed by atoms with Crippen molar-refractivity contribution in [1.29, 1.82) is 0 Å². The van der Waals surface area contributed by atoms with Crippen LogP contribution in [0.3, 0.4) is 0 Å². The summed E-state index contributed by atoms with van der Waals surface area (Å²) in [6.07, 6.45) is 0.828. The van der Waals surface area contributed by atoms with Crippen LogP contribution in [-0.2, 0) is 6.54 Å². The fraction of sp³-hybridized carbons (Fsp3) is 0.429. The van der Waals surface area contributed by atoms with Crippen LogP contribution in [0.25, 0.3) is 0 Å². The third kappa shape index (κ3) is 4.99. The molecular weight excluding hydrogens is 244 g/mol. The van der Waals surface area contributed by atoms with Gasteiger partial charge in [-0.15, -0.1) is 0 Å². The van der Waals surface area contributed by atoms with Crippen LogP contribution < -0.4 is 10.6 Å². The lowest BCUT2D eigenvalue weighted by Crippen LogP contribution is -2.47. The number of aromatic carboxylic acids is 1. The molecule has 3 N–H and O–H groups in total. The Morgan fingerprint density at radius 2 is 2.00 bits per heavy atom. The molecule has 19 heavy (non-hydrogen) atoms. The second-order valence-corrected chi connectivity index (χ2v) is 5.05. The quantitative estimate of drug-likeness (QED) is 0.764. The highest BCUT2D eigenvalue weighted by molar-refractivity contribution is 5.87. The maximum atomic E-state index is 11.7. The minimum atomic E-state index is -0.974. The Kier molecular flexibility index (Phi) is 4.92. The molecule has 5 heteroatoms. The van der Waals surface area contributed by atoms with E-state index in [-0.39, 0.29) is 17.1 Å². The zero-order chi connectivity index (χ0) is 14.5. The molecule has 0 saturated heterocycles. The molecule has 1 aromatic rings. The Labute approximate surface area is 113 Å². The van der Waals surface area contributed by atoms with E-state index in [0.717, 1.165) is 12.0 Å². The first-order valence-electron chi connectivity index (χ1n) is 6.22. The third-order valence-corrected chi connectivity index (χ3v) is 2.96. The number of hydrogen-bond acceptors (Lipinski definition) is 2. The van der Waals surface area contributed by atoms with E-state index in [9.17, 15) is 9.59 Å². The molecule has 0 bridgehead atoms. The summed E-state index contributed by atoms with van der Waals surface area (Å²) in [7, 11) is 0. The van der Waals surface area contributed by atoms with Crippen LogP contribution >= 0.6 is 0 Å². The number of benzene rings is 1. The van der Waals surface area contributed by atoms with Crippen LogP contribution in [0.15, 0.2) is 24.3 Å². The average Bonchev–Trinajstić information content (AvgIpc) is 2.36. The summed E-state index contributed by atoms with van der Waals surface area (Å²) in [6, 6.07) is 6.25. The normalized spacial score (nSPS) is 10.9. The van der Waals surface area contributed by atoms with Crippen LogP contribution in [0, 0.1) is 0 Å². The lowest BCUT2D eigenvalue weighted by atomic mass is 10.0. The first-order chi connectivity index (χ1) is 8.84. The first kappa shape index (κ1) is 15.0. The molecule has 2 amide bonds. The number of urea groups is 1. The van der Waals surface area contributed by atoms with Gasteiger partial charge >= 0.3 is 12.0 Å². The Morgan fingerprint density at radius 3 is 2.58 bits per heavy atom. The van der Waals surface area contributed by atoms with Crippen molar-refractivity contribution in [3.8, 4) is 0 Å². The Morgan fingerprint density at radius 1 is 1.32 bits per heavy atom. The standard InChI is InChI=1S/C14H20N2O3/c1-4-14(2,3)16-13(19)15-9-10-6-5-7-11(8-10)12(17)18/h5-8H,4,9H2,1-3H3,(H,17,18)(H2,15,16,19). The average molecular weight is 264 g/mol. The SMILES string of the molecule is CCC(C)(C)NC(=O)NCc1cccc(C(=O)O)c1. The first-order valence-corrected chi connectivity index (χ1v) is 6.22. The van der Waals surface area contributed by atoms with Crippen molar-refractivity contribution in [3.05, 3.63) is 35.4 Å². The molecule has 0 spiro atoms. The van der Waals surface area contributed by atoms with Gasteiger partial charge in [0.1, 0.15) is 0 Å². The lowest BCUT2D eigenvalue weighted by molar-refractivity contribution is 0.0696. The van der Waals surface area contributed by atoms with Gasteiger partial charge in [0.05, 0.1) is 5.56 Å². The molecule has 0 aliphatic carbocycles. The molecule has 104 valence electrons. The van der Waals surface area contributed by atoms with Crippen molar-refractivity contribution in [2.45, 2.75) is 39.3 Å². The zero-order valence-electron chi connectivity index (χ0n) is 11.5. The van der Waals surface area contributed by atoms with E-state index >= 15 is 0 Å². The minimum absolute atomic E-state index is 0.216. The number of amides is 2. The molecule has 1 rings (SSSR count). The molecule has 5 nitrogen and oxygen atoms in total. The largest absolute Gasteiger partial charge is 0.478 e. The molecule has 0 aliphatic rings. The van der Waals surface area contributed by atoms with Crippen molar-refractivity contribution in [1.82, 2.24) is 10.6 Å². The van der Waals surface area contributed by atoms with Gasteiger partial charge in [0.15, 0.2) is 0 Å². The van der Waals surface area contributed by atoms with Crippen LogP contribution in [-0.4, -0.2) is 22.6 Å². The number of rotatable bonds is 5.